The lowest BCUT2D eigenvalue weighted by Crippen LogP contribution is -2.11. The molecule has 1 saturated carbocycles. The van der Waals surface area contributed by atoms with Crippen LogP contribution in [-0.4, -0.2) is 6.10 Å². The van der Waals surface area contributed by atoms with E-state index in [1.54, 1.807) is 24.3 Å². The third-order valence-electron chi connectivity index (χ3n) is 3.15. The summed E-state index contributed by atoms with van der Waals surface area (Å²) in [5.74, 6) is -0.210. The summed E-state index contributed by atoms with van der Waals surface area (Å²) in [6, 6.07) is 7.92. The number of allylic oxidation sites excluding steroid dienone is 1. The number of halogens is 1. The van der Waals surface area contributed by atoms with Gasteiger partial charge in [0.1, 0.15) is 17.7 Å². The highest BCUT2D eigenvalue weighted by Gasteiger charge is 2.18. The number of ether oxygens (including phenoxy) is 1. The molecule has 0 saturated heterocycles. The van der Waals surface area contributed by atoms with E-state index in [4.69, 9.17) is 15.3 Å². The average molecular weight is 271 g/mol. The third-order valence-corrected chi connectivity index (χ3v) is 3.15. The second kappa shape index (κ2) is 6.58. The third kappa shape index (κ3) is 3.49. The minimum absolute atomic E-state index is 0.0725. The van der Waals surface area contributed by atoms with E-state index < -0.39 is 5.82 Å². The van der Waals surface area contributed by atoms with E-state index in [-0.39, 0.29) is 17.4 Å². The van der Waals surface area contributed by atoms with Gasteiger partial charge in [0, 0.05) is 18.0 Å². The highest BCUT2D eigenvalue weighted by atomic mass is 19.1. The average Bonchev–Trinajstić information content (AvgIpc) is 2.96. The van der Waals surface area contributed by atoms with Crippen molar-refractivity contribution in [1.29, 1.82) is 10.5 Å². The lowest BCUT2D eigenvalue weighted by molar-refractivity contribution is 0.201. The Bertz CT molecular complexity index is 576. The number of anilines is 1. The van der Waals surface area contributed by atoms with Gasteiger partial charge in [0.05, 0.1) is 6.10 Å². The fourth-order valence-electron chi connectivity index (χ4n) is 2.12. The zero-order valence-electron chi connectivity index (χ0n) is 10.9. The Morgan fingerprint density at radius 1 is 1.30 bits per heavy atom. The van der Waals surface area contributed by atoms with Crippen molar-refractivity contribution in [2.45, 2.75) is 31.8 Å². The molecule has 0 radical (unpaired) electrons. The molecule has 0 heterocycles. The summed E-state index contributed by atoms with van der Waals surface area (Å²) in [4.78, 5) is 0. The summed E-state index contributed by atoms with van der Waals surface area (Å²) in [5, 5.41) is 19.9. The van der Waals surface area contributed by atoms with Crippen molar-refractivity contribution in [3.05, 3.63) is 35.8 Å². The maximum absolute atomic E-state index is 13.9. The number of hydrogen-bond acceptors (Lipinski definition) is 4. The molecule has 0 spiro atoms. The van der Waals surface area contributed by atoms with Crippen LogP contribution in [0.2, 0.25) is 0 Å². The van der Waals surface area contributed by atoms with Crippen LogP contribution in [0.3, 0.4) is 0 Å². The number of nitriles is 2. The molecule has 1 aromatic carbocycles. The van der Waals surface area contributed by atoms with Crippen LogP contribution in [0.25, 0.3) is 0 Å². The molecule has 1 aliphatic carbocycles. The zero-order valence-corrected chi connectivity index (χ0v) is 10.9. The maximum Gasteiger partial charge on any atom is 0.167 e. The molecule has 0 bridgehead atoms. The van der Waals surface area contributed by atoms with Gasteiger partial charge in [-0.3, -0.25) is 0 Å². The van der Waals surface area contributed by atoms with Gasteiger partial charge in [0.15, 0.2) is 11.6 Å². The lowest BCUT2D eigenvalue weighted by Gasteiger charge is -2.14. The van der Waals surface area contributed by atoms with Gasteiger partial charge in [-0.1, -0.05) is 0 Å². The number of nitrogens with zero attached hydrogens (tertiary/aromatic N) is 2. The molecule has 0 aliphatic heterocycles. The monoisotopic (exact) mass is 271 g/mol. The van der Waals surface area contributed by atoms with E-state index in [2.05, 4.69) is 5.32 Å². The molecule has 0 amide bonds. The van der Waals surface area contributed by atoms with Crippen LogP contribution in [0, 0.1) is 28.5 Å². The van der Waals surface area contributed by atoms with Crippen LogP contribution < -0.4 is 10.1 Å². The first-order valence-corrected chi connectivity index (χ1v) is 6.46. The molecule has 1 fully saturated rings. The number of rotatable bonds is 4. The first kappa shape index (κ1) is 13.9. The molecule has 1 aliphatic rings. The first-order valence-electron chi connectivity index (χ1n) is 6.46. The number of benzene rings is 1. The van der Waals surface area contributed by atoms with Crippen LogP contribution >= 0.6 is 0 Å². The van der Waals surface area contributed by atoms with Crippen molar-refractivity contribution >= 4 is 5.69 Å². The smallest absolute Gasteiger partial charge is 0.167 e. The summed E-state index contributed by atoms with van der Waals surface area (Å²) in [6.45, 7) is 0. The molecule has 4 nitrogen and oxygen atoms in total. The van der Waals surface area contributed by atoms with Crippen molar-refractivity contribution in [3.63, 3.8) is 0 Å². The molecule has 0 atom stereocenters. The van der Waals surface area contributed by atoms with E-state index in [0.717, 1.165) is 25.7 Å². The molecule has 0 unspecified atom stereocenters. The Morgan fingerprint density at radius 3 is 2.60 bits per heavy atom. The molecule has 0 aromatic heterocycles. The fraction of sp³-hybridized carbons (Fsp3) is 0.333. The molecule has 2 rings (SSSR count). The first-order chi connectivity index (χ1) is 9.72. The van der Waals surface area contributed by atoms with Crippen LogP contribution in [0.5, 0.6) is 5.75 Å². The second-order valence-corrected chi connectivity index (χ2v) is 4.60. The molecule has 102 valence electrons. The molecule has 5 heteroatoms. The van der Waals surface area contributed by atoms with E-state index in [9.17, 15) is 4.39 Å². The van der Waals surface area contributed by atoms with Gasteiger partial charge >= 0.3 is 0 Å². The van der Waals surface area contributed by atoms with Crippen LogP contribution in [0.15, 0.2) is 30.0 Å². The zero-order chi connectivity index (χ0) is 14.4. The second-order valence-electron chi connectivity index (χ2n) is 4.60. The van der Waals surface area contributed by atoms with E-state index in [1.807, 2.05) is 0 Å². The van der Waals surface area contributed by atoms with Gasteiger partial charge in [-0.05, 0) is 37.8 Å². The summed E-state index contributed by atoms with van der Waals surface area (Å²) >= 11 is 0. The van der Waals surface area contributed by atoms with E-state index in [0.29, 0.717) is 5.69 Å². The molecular weight excluding hydrogens is 257 g/mol. The highest BCUT2D eigenvalue weighted by molar-refractivity contribution is 5.51. The molecule has 1 N–H and O–H groups in total. The maximum atomic E-state index is 13.9. The van der Waals surface area contributed by atoms with Gasteiger partial charge in [0.2, 0.25) is 0 Å². The largest absolute Gasteiger partial charge is 0.487 e. The van der Waals surface area contributed by atoms with Crippen molar-refractivity contribution in [3.8, 4) is 17.9 Å². The van der Waals surface area contributed by atoms with Crippen molar-refractivity contribution in [2.75, 3.05) is 5.32 Å². The molecular formula is C15H14FN3O. The predicted octanol–water partition coefficient (Wildman–Crippen LogP) is 3.49. The Labute approximate surface area is 117 Å². The quantitative estimate of drug-likeness (QED) is 0.851. The van der Waals surface area contributed by atoms with Gasteiger partial charge in [-0.15, -0.1) is 0 Å². The van der Waals surface area contributed by atoms with E-state index in [1.165, 1.54) is 12.3 Å². The summed E-state index contributed by atoms with van der Waals surface area (Å²) in [7, 11) is 0. The minimum atomic E-state index is -0.453. The fourth-order valence-corrected chi connectivity index (χ4v) is 2.12. The van der Waals surface area contributed by atoms with Crippen molar-refractivity contribution in [1.82, 2.24) is 0 Å². The normalized spacial score (nSPS) is 14.2. The molecule has 1 aromatic rings. The minimum Gasteiger partial charge on any atom is -0.487 e. The van der Waals surface area contributed by atoms with Gasteiger partial charge in [-0.25, -0.2) is 4.39 Å². The SMILES string of the molecule is N#CC(C#N)=CNc1ccc(OC2CCCC2)c(F)c1. The summed E-state index contributed by atoms with van der Waals surface area (Å²) in [5.41, 5.74) is 0.390. The van der Waals surface area contributed by atoms with E-state index >= 15 is 0 Å². The Morgan fingerprint density at radius 2 is 2.00 bits per heavy atom. The lowest BCUT2D eigenvalue weighted by atomic mass is 10.2. The van der Waals surface area contributed by atoms with Crippen LogP contribution in [0.4, 0.5) is 10.1 Å². The van der Waals surface area contributed by atoms with Gasteiger partial charge < -0.3 is 10.1 Å². The predicted molar refractivity (Wildman–Crippen MR) is 72.2 cm³/mol. The van der Waals surface area contributed by atoms with Crippen LogP contribution in [-0.2, 0) is 0 Å². The Balaban J connectivity index is 2.04. The van der Waals surface area contributed by atoms with Gasteiger partial charge in [-0.2, -0.15) is 10.5 Å². The Kier molecular flexibility index (Phi) is 4.57. The van der Waals surface area contributed by atoms with Gasteiger partial charge in [0.25, 0.3) is 0 Å². The number of hydrogen-bond donors (Lipinski definition) is 1. The summed E-state index contributed by atoms with van der Waals surface area (Å²) in [6.07, 6.45) is 5.54. The highest BCUT2D eigenvalue weighted by Crippen LogP contribution is 2.27. The van der Waals surface area contributed by atoms with Crippen molar-refractivity contribution in [2.24, 2.45) is 0 Å². The molecule has 20 heavy (non-hydrogen) atoms. The van der Waals surface area contributed by atoms with Crippen molar-refractivity contribution < 1.29 is 9.13 Å². The topological polar surface area (TPSA) is 68.8 Å². The van der Waals surface area contributed by atoms with Crippen LogP contribution in [0.1, 0.15) is 25.7 Å². The number of nitrogens with one attached hydrogen (secondary N) is 1. The Hall–Kier alpha value is -2.53. The standard InChI is InChI=1S/C15H14FN3O/c16-14-7-12(19-10-11(8-17)9-18)5-6-15(14)20-13-3-1-2-4-13/h5-7,10,13,19H,1-4H2. The summed E-state index contributed by atoms with van der Waals surface area (Å²) < 4.78 is 19.5.